The average Bonchev–Trinajstić information content (AvgIpc) is 3.04. The largest absolute Gasteiger partial charge is 0.573 e. The number of hydrogen-bond donors (Lipinski definition) is 2. The smallest absolute Gasteiger partial charge is 0.406 e. The van der Waals surface area contributed by atoms with Gasteiger partial charge in [-0.25, -0.2) is 9.42 Å². The highest BCUT2D eigenvalue weighted by Gasteiger charge is 2.31. The number of aromatic nitrogens is 2. The van der Waals surface area contributed by atoms with Crippen molar-refractivity contribution in [2.24, 2.45) is 0 Å². The number of carbonyl (C=O) groups excluding carboxylic acids is 1. The molecule has 0 aliphatic rings. The summed E-state index contributed by atoms with van der Waals surface area (Å²) in [6.07, 6.45) is -4.78. The van der Waals surface area contributed by atoms with Gasteiger partial charge in [-0.2, -0.15) is 0 Å². The molecule has 2 aromatic carbocycles. The van der Waals surface area contributed by atoms with Crippen molar-refractivity contribution in [3.63, 3.8) is 0 Å². The van der Waals surface area contributed by atoms with Crippen molar-refractivity contribution in [3.8, 4) is 17.0 Å². The summed E-state index contributed by atoms with van der Waals surface area (Å²) in [7, 11) is 0. The molecule has 1 aromatic heterocycles. The molecule has 0 spiro atoms. The second kappa shape index (κ2) is 7.13. The Bertz CT molecular complexity index is 880. The number of carbonyl (C=O) groups is 1. The molecular formula is C16H11F3N4O3. The maximum absolute atomic E-state index is 12.1. The van der Waals surface area contributed by atoms with E-state index in [1.807, 2.05) is 6.07 Å². The van der Waals surface area contributed by atoms with Crippen molar-refractivity contribution in [3.05, 3.63) is 54.6 Å². The fourth-order valence-corrected chi connectivity index (χ4v) is 2.07. The quantitative estimate of drug-likeness (QED) is 0.721. The van der Waals surface area contributed by atoms with Crippen LogP contribution in [0.5, 0.6) is 5.75 Å². The van der Waals surface area contributed by atoms with Gasteiger partial charge in [-0.1, -0.05) is 30.3 Å². The monoisotopic (exact) mass is 364 g/mol. The molecule has 7 nitrogen and oxygen atoms in total. The minimum Gasteiger partial charge on any atom is -0.406 e. The Morgan fingerprint density at radius 2 is 1.65 bits per heavy atom. The molecule has 0 radical (unpaired) electrons. The van der Waals surface area contributed by atoms with E-state index in [1.54, 1.807) is 24.3 Å². The van der Waals surface area contributed by atoms with Gasteiger partial charge < -0.3 is 10.1 Å². The first-order valence-electron chi connectivity index (χ1n) is 7.22. The Hall–Kier alpha value is -3.56. The van der Waals surface area contributed by atoms with E-state index in [9.17, 15) is 18.0 Å². The van der Waals surface area contributed by atoms with E-state index in [-0.39, 0.29) is 11.5 Å². The summed E-state index contributed by atoms with van der Waals surface area (Å²) in [4.78, 5) is 12.0. The van der Waals surface area contributed by atoms with E-state index in [0.717, 1.165) is 12.1 Å². The summed E-state index contributed by atoms with van der Waals surface area (Å²) in [5, 5.41) is 12.3. The van der Waals surface area contributed by atoms with Crippen LogP contribution in [0.2, 0.25) is 0 Å². The molecule has 0 aliphatic carbocycles. The van der Waals surface area contributed by atoms with Gasteiger partial charge in [0.15, 0.2) is 5.69 Å². The van der Waals surface area contributed by atoms with E-state index < -0.39 is 18.1 Å². The number of halogens is 3. The number of hydrogen-bond acceptors (Lipinski definition) is 5. The van der Waals surface area contributed by atoms with E-state index in [1.165, 1.54) is 12.1 Å². The Balaban J connectivity index is 1.64. The molecule has 0 saturated carbocycles. The molecule has 3 rings (SSSR count). The van der Waals surface area contributed by atoms with Gasteiger partial charge in [-0.05, 0) is 34.6 Å². The number of nitrogens with one attached hydrogen (secondary N) is 2. The van der Waals surface area contributed by atoms with Gasteiger partial charge in [-0.15, -0.1) is 13.2 Å². The molecule has 10 heteroatoms. The standard InChI is InChI=1S/C16H11F3N4O3/c17-16(18,19)25-12-8-6-11(7-9-12)20-15(24)21-14-13(22-26-23-14)10-4-2-1-3-5-10/h1-9H,(H2,20,21,23,24). The SMILES string of the molecule is O=C(Nc1ccc(OC(F)(F)F)cc1)Nc1nonc1-c1ccccc1. The number of alkyl halides is 3. The van der Waals surface area contributed by atoms with Crippen LogP contribution in [0.15, 0.2) is 59.2 Å². The molecule has 0 atom stereocenters. The third-order valence-corrected chi connectivity index (χ3v) is 3.11. The van der Waals surface area contributed by atoms with Gasteiger partial charge in [-0.3, -0.25) is 5.32 Å². The maximum Gasteiger partial charge on any atom is 0.573 e. The Labute approximate surface area is 144 Å². The van der Waals surface area contributed by atoms with Gasteiger partial charge in [0.05, 0.1) is 0 Å². The zero-order chi connectivity index (χ0) is 18.6. The lowest BCUT2D eigenvalue weighted by molar-refractivity contribution is -0.274. The lowest BCUT2D eigenvalue weighted by Crippen LogP contribution is -2.20. The highest BCUT2D eigenvalue weighted by atomic mass is 19.4. The van der Waals surface area contributed by atoms with Crippen LogP contribution in [0.4, 0.5) is 29.5 Å². The number of anilines is 2. The Morgan fingerprint density at radius 3 is 2.31 bits per heavy atom. The summed E-state index contributed by atoms with van der Waals surface area (Å²) in [6.45, 7) is 0. The number of benzene rings is 2. The summed E-state index contributed by atoms with van der Waals surface area (Å²) < 4.78 is 44.8. The van der Waals surface area contributed by atoms with Crippen LogP contribution in [0.1, 0.15) is 0 Å². The van der Waals surface area contributed by atoms with E-state index in [2.05, 4.69) is 30.3 Å². The average molecular weight is 364 g/mol. The second-order valence-corrected chi connectivity index (χ2v) is 4.98. The summed E-state index contributed by atoms with van der Waals surface area (Å²) >= 11 is 0. The summed E-state index contributed by atoms with van der Waals surface area (Å²) in [6, 6.07) is 13.0. The minimum absolute atomic E-state index is 0.103. The fourth-order valence-electron chi connectivity index (χ4n) is 2.07. The van der Waals surface area contributed by atoms with Crippen LogP contribution in [-0.2, 0) is 0 Å². The first-order valence-corrected chi connectivity index (χ1v) is 7.22. The van der Waals surface area contributed by atoms with Gasteiger partial charge in [0.1, 0.15) is 5.75 Å². The molecule has 0 saturated heterocycles. The third kappa shape index (κ3) is 4.50. The predicted octanol–water partition coefficient (Wildman–Crippen LogP) is 4.28. The van der Waals surface area contributed by atoms with Gasteiger partial charge >= 0.3 is 12.4 Å². The molecule has 0 fully saturated rings. The fraction of sp³-hybridized carbons (Fsp3) is 0.0625. The molecule has 1 heterocycles. The van der Waals surface area contributed by atoms with Crippen molar-refractivity contribution >= 4 is 17.5 Å². The van der Waals surface area contributed by atoms with Crippen LogP contribution in [-0.4, -0.2) is 22.7 Å². The van der Waals surface area contributed by atoms with Crippen molar-refractivity contribution < 1.29 is 27.3 Å². The molecule has 3 aromatic rings. The van der Waals surface area contributed by atoms with Gasteiger partial charge in [0, 0.05) is 11.3 Å². The molecular weight excluding hydrogens is 353 g/mol. The summed E-state index contributed by atoms with van der Waals surface area (Å²) in [5.74, 6) is -0.291. The number of urea groups is 1. The first-order chi connectivity index (χ1) is 12.4. The third-order valence-electron chi connectivity index (χ3n) is 3.11. The van der Waals surface area contributed by atoms with Crippen molar-refractivity contribution in [2.45, 2.75) is 6.36 Å². The van der Waals surface area contributed by atoms with Crippen molar-refractivity contribution in [2.75, 3.05) is 10.6 Å². The zero-order valence-corrected chi connectivity index (χ0v) is 12.9. The normalized spacial score (nSPS) is 11.0. The first kappa shape index (κ1) is 17.3. The van der Waals surface area contributed by atoms with Crippen LogP contribution in [0.25, 0.3) is 11.3 Å². The van der Waals surface area contributed by atoms with Crippen LogP contribution < -0.4 is 15.4 Å². The van der Waals surface area contributed by atoms with E-state index in [0.29, 0.717) is 11.3 Å². The van der Waals surface area contributed by atoms with Crippen molar-refractivity contribution in [1.82, 2.24) is 10.3 Å². The van der Waals surface area contributed by atoms with E-state index >= 15 is 0 Å². The number of nitrogens with zero attached hydrogens (tertiary/aromatic N) is 2. The molecule has 0 bridgehead atoms. The van der Waals surface area contributed by atoms with Gasteiger partial charge in [0.2, 0.25) is 5.82 Å². The number of rotatable bonds is 4. The zero-order valence-electron chi connectivity index (χ0n) is 12.9. The highest BCUT2D eigenvalue weighted by Crippen LogP contribution is 2.25. The molecule has 134 valence electrons. The topological polar surface area (TPSA) is 89.3 Å². The number of amides is 2. The Kier molecular flexibility index (Phi) is 4.74. The van der Waals surface area contributed by atoms with E-state index in [4.69, 9.17) is 0 Å². The Morgan fingerprint density at radius 1 is 0.962 bits per heavy atom. The molecule has 26 heavy (non-hydrogen) atoms. The predicted molar refractivity (Wildman–Crippen MR) is 85.5 cm³/mol. The van der Waals surface area contributed by atoms with Crippen molar-refractivity contribution in [1.29, 1.82) is 0 Å². The van der Waals surface area contributed by atoms with Crippen LogP contribution >= 0.6 is 0 Å². The maximum atomic E-state index is 12.1. The molecule has 0 unspecified atom stereocenters. The highest BCUT2D eigenvalue weighted by molar-refractivity contribution is 6.00. The number of ether oxygens (including phenoxy) is 1. The summed E-state index contributed by atoms with van der Waals surface area (Å²) in [5.41, 5.74) is 1.29. The lowest BCUT2D eigenvalue weighted by Gasteiger charge is -2.10. The van der Waals surface area contributed by atoms with Gasteiger partial charge in [0.25, 0.3) is 0 Å². The molecule has 0 aliphatic heterocycles. The minimum atomic E-state index is -4.78. The lowest BCUT2D eigenvalue weighted by atomic mass is 10.1. The molecule has 2 N–H and O–H groups in total. The van der Waals surface area contributed by atoms with Crippen LogP contribution in [0, 0.1) is 0 Å². The van der Waals surface area contributed by atoms with Crippen LogP contribution in [0.3, 0.4) is 0 Å². The molecule has 2 amide bonds. The second-order valence-electron chi connectivity index (χ2n) is 4.98.